The Morgan fingerprint density at radius 1 is 1.00 bits per heavy atom. The van der Waals surface area contributed by atoms with E-state index < -0.39 is 0 Å². The standard InChI is InChI=1S/C19H30O/c1-2-3-4-5-6-7-8-9-16-13-17-14-10-11-15(12-14)18(17)19(16)20/h10-11,13-15,17-20H,2-9,12H2,1H3/t14-,15+,17+,18-,19-/m1/s1. The van der Waals surface area contributed by atoms with Gasteiger partial charge in [-0.2, -0.15) is 0 Å². The molecule has 0 radical (unpaired) electrons. The number of unbranched alkanes of at least 4 members (excludes halogenated alkanes) is 6. The lowest BCUT2D eigenvalue weighted by Crippen LogP contribution is -2.25. The molecule has 2 bridgehead atoms. The Labute approximate surface area is 124 Å². The minimum atomic E-state index is -0.125. The highest BCUT2D eigenvalue weighted by Gasteiger charge is 2.50. The second kappa shape index (κ2) is 6.47. The third-order valence-corrected chi connectivity index (χ3v) is 5.80. The van der Waals surface area contributed by atoms with Crippen LogP contribution < -0.4 is 0 Å². The van der Waals surface area contributed by atoms with Crippen LogP contribution in [0.5, 0.6) is 0 Å². The highest BCUT2D eigenvalue weighted by atomic mass is 16.3. The van der Waals surface area contributed by atoms with Crippen LogP contribution in [0.1, 0.15) is 64.7 Å². The van der Waals surface area contributed by atoms with Gasteiger partial charge in [-0.1, -0.05) is 63.7 Å². The molecule has 0 unspecified atom stereocenters. The van der Waals surface area contributed by atoms with Crippen molar-refractivity contribution in [1.82, 2.24) is 0 Å². The van der Waals surface area contributed by atoms with E-state index in [4.69, 9.17) is 0 Å². The Balaban J connectivity index is 1.38. The van der Waals surface area contributed by atoms with E-state index in [0.29, 0.717) is 17.8 Å². The summed E-state index contributed by atoms with van der Waals surface area (Å²) in [6.45, 7) is 2.27. The van der Waals surface area contributed by atoms with Gasteiger partial charge in [0.05, 0.1) is 6.10 Å². The lowest BCUT2D eigenvalue weighted by Gasteiger charge is -2.24. The van der Waals surface area contributed by atoms with Gasteiger partial charge in [-0.3, -0.25) is 0 Å². The summed E-state index contributed by atoms with van der Waals surface area (Å²) in [7, 11) is 0. The molecule has 0 spiro atoms. The Kier molecular flexibility index (Phi) is 4.65. The van der Waals surface area contributed by atoms with Crippen molar-refractivity contribution in [3.63, 3.8) is 0 Å². The van der Waals surface area contributed by atoms with E-state index >= 15 is 0 Å². The highest BCUT2D eigenvalue weighted by Crippen LogP contribution is 2.54. The molecular formula is C19H30O. The summed E-state index contributed by atoms with van der Waals surface area (Å²) in [6.07, 6.45) is 19.0. The van der Waals surface area contributed by atoms with Crippen LogP contribution in [0.2, 0.25) is 0 Å². The van der Waals surface area contributed by atoms with Gasteiger partial charge >= 0.3 is 0 Å². The zero-order valence-corrected chi connectivity index (χ0v) is 12.9. The summed E-state index contributed by atoms with van der Waals surface area (Å²) in [5.74, 6) is 2.61. The number of hydrogen-bond donors (Lipinski definition) is 1. The van der Waals surface area contributed by atoms with Crippen LogP contribution in [-0.2, 0) is 0 Å². The fourth-order valence-electron chi connectivity index (χ4n) is 4.69. The first-order valence-electron chi connectivity index (χ1n) is 8.88. The Hall–Kier alpha value is -0.560. The maximum atomic E-state index is 10.6. The predicted octanol–water partition coefficient (Wildman–Crippen LogP) is 4.87. The molecule has 0 saturated heterocycles. The number of hydrogen-bond acceptors (Lipinski definition) is 1. The molecule has 5 atom stereocenters. The van der Waals surface area contributed by atoms with E-state index in [-0.39, 0.29) is 6.10 Å². The van der Waals surface area contributed by atoms with E-state index in [1.807, 2.05) is 0 Å². The molecule has 0 aromatic heterocycles. The summed E-state index contributed by atoms with van der Waals surface area (Å²) in [6, 6.07) is 0. The minimum Gasteiger partial charge on any atom is -0.388 e. The summed E-state index contributed by atoms with van der Waals surface area (Å²) in [5, 5.41) is 10.6. The van der Waals surface area contributed by atoms with Crippen LogP contribution in [0.25, 0.3) is 0 Å². The summed E-state index contributed by atoms with van der Waals surface area (Å²) >= 11 is 0. The van der Waals surface area contributed by atoms with Crippen molar-refractivity contribution >= 4 is 0 Å². The maximum Gasteiger partial charge on any atom is 0.0789 e. The third-order valence-electron chi connectivity index (χ3n) is 5.80. The summed E-state index contributed by atoms with van der Waals surface area (Å²) < 4.78 is 0. The average molecular weight is 274 g/mol. The van der Waals surface area contributed by atoms with Gasteiger partial charge in [-0.25, -0.2) is 0 Å². The molecule has 0 aliphatic heterocycles. The van der Waals surface area contributed by atoms with Gasteiger partial charge < -0.3 is 5.11 Å². The van der Waals surface area contributed by atoms with E-state index in [1.165, 1.54) is 56.9 Å². The first-order chi connectivity index (χ1) is 9.81. The van der Waals surface area contributed by atoms with Gasteiger partial charge in [0, 0.05) is 5.92 Å². The molecule has 0 heterocycles. The van der Waals surface area contributed by atoms with Gasteiger partial charge in [0.25, 0.3) is 0 Å². The van der Waals surface area contributed by atoms with Crippen molar-refractivity contribution in [2.24, 2.45) is 23.7 Å². The zero-order valence-electron chi connectivity index (χ0n) is 12.9. The normalized spacial score (nSPS) is 37.5. The fraction of sp³-hybridized carbons (Fsp3) is 0.789. The number of aliphatic hydroxyl groups is 1. The Morgan fingerprint density at radius 2 is 1.70 bits per heavy atom. The SMILES string of the molecule is CCCCCCCCCC1=C[C@@H]2[C@H]([C@@H]1O)[C@H]1C=C[C@@H]2C1. The molecular weight excluding hydrogens is 244 g/mol. The molecule has 3 rings (SSSR count). The smallest absolute Gasteiger partial charge is 0.0789 e. The van der Waals surface area contributed by atoms with Gasteiger partial charge in [0.1, 0.15) is 0 Å². The fourth-order valence-corrected chi connectivity index (χ4v) is 4.69. The van der Waals surface area contributed by atoms with Gasteiger partial charge in [0.15, 0.2) is 0 Å². The van der Waals surface area contributed by atoms with Crippen molar-refractivity contribution in [3.8, 4) is 0 Å². The summed E-state index contributed by atoms with van der Waals surface area (Å²) in [5.41, 5.74) is 1.37. The van der Waals surface area contributed by atoms with Crippen molar-refractivity contribution in [3.05, 3.63) is 23.8 Å². The third kappa shape index (κ3) is 2.74. The number of allylic oxidation sites excluding steroid dienone is 3. The first kappa shape index (κ1) is 14.4. The average Bonchev–Trinajstić information content (AvgIpc) is 3.12. The van der Waals surface area contributed by atoms with Crippen LogP contribution in [-0.4, -0.2) is 11.2 Å². The maximum absolute atomic E-state index is 10.6. The molecule has 3 aliphatic rings. The number of rotatable bonds is 8. The van der Waals surface area contributed by atoms with Crippen LogP contribution in [0.3, 0.4) is 0 Å². The number of aliphatic hydroxyl groups excluding tert-OH is 1. The Morgan fingerprint density at radius 3 is 2.45 bits per heavy atom. The van der Waals surface area contributed by atoms with Gasteiger partial charge in [0.2, 0.25) is 0 Å². The molecule has 1 N–H and O–H groups in total. The quantitative estimate of drug-likeness (QED) is 0.495. The molecule has 112 valence electrons. The molecule has 1 nitrogen and oxygen atoms in total. The molecule has 0 amide bonds. The van der Waals surface area contributed by atoms with Crippen LogP contribution >= 0.6 is 0 Å². The minimum absolute atomic E-state index is 0.125. The molecule has 3 aliphatic carbocycles. The van der Waals surface area contributed by atoms with Gasteiger partial charge in [-0.15, -0.1) is 0 Å². The largest absolute Gasteiger partial charge is 0.388 e. The summed E-state index contributed by atoms with van der Waals surface area (Å²) in [4.78, 5) is 0. The molecule has 20 heavy (non-hydrogen) atoms. The second-order valence-electron chi connectivity index (χ2n) is 7.16. The van der Waals surface area contributed by atoms with E-state index in [0.717, 1.165) is 12.3 Å². The lowest BCUT2D eigenvalue weighted by atomic mass is 9.84. The van der Waals surface area contributed by atoms with Crippen LogP contribution in [0.4, 0.5) is 0 Å². The molecule has 0 aromatic rings. The highest BCUT2D eigenvalue weighted by molar-refractivity contribution is 5.30. The first-order valence-corrected chi connectivity index (χ1v) is 8.88. The van der Waals surface area contributed by atoms with Crippen LogP contribution in [0.15, 0.2) is 23.8 Å². The van der Waals surface area contributed by atoms with Crippen molar-refractivity contribution in [1.29, 1.82) is 0 Å². The number of fused-ring (bicyclic) bond motifs is 5. The van der Waals surface area contributed by atoms with Crippen LogP contribution in [0, 0.1) is 23.7 Å². The Bertz CT molecular complexity index is 381. The van der Waals surface area contributed by atoms with Gasteiger partial charge in [-0.05, 0) is 42.6 Å². The van der Waals surface area contributed by atoms with Crippen molar-refractivity contribution in [2.45, 2.75) is 70.8 Å². The second-order valence-corrected chi connectivity index (χ2v) is 7.16. The monoisotopic (exact) mass is 274 g/mol. The topological polar surface area (TPSA) is 20.2 Å². The van der Waals surface area contributed by atoms with E-state index in [2.05, 4.69) is 25.2 Å². The molecule has 1 saturated carbocycles. The van der Waals surface area contributed by atoms with Crippen molar-refractivity contribution < 1.29 is 5.11 Å². The van der Waals surface area contributed by atoms with E-state index in [1.54, 1.807) is 0 Å². The van der Waals surface area contributed by atoms with Crippen molar-refractivity contribution in [2.75, 3.05) is 0 Å². The molecule has 0 aromatic carbocycles. The molecule has 1 fully saturated rings. The predicted molar refractivity (Wildman–Crippen MR) is 84.4 cm³/mol. The zero-order chi connectivity index (χ0) is 13.9. The lowest BCUT2D eigenvalue weighted by molar-refractivity contribution is 0.121. The van der Waals surface area contributed by atoms with E-state index in [9.17, 15) is 5.11 Å². The molecule has 1 heteroatoms.